The third kappa shape index (κ3) is 2.93. The van der Waals surface area contributed by atoms with Crippen LogP contribution in [0.1, 0.15) is 21.9 Å². The largest absolute Gasteiger partial charge is 0.125 e. The van der Waals surface area contributed by atoms with Crippen molar-refractivity contribution >= 4 is 46.4 Å². The van der Waals surface area contributed by atoms with Crippen LogP contribution in [0.3, 0.4) is 0 Å². The first-order valence-electron chi connectivity index (χ1n) is 4.19. The summed E-state index contributed by atoms with van der Waals surface area (Å²) in [7, 11) is 0. The quantitative estimate of drug-likeness (QED) is 0.695. The molecule has 0 aliphatic carbocycles. The fraction of sp³-hybridized carbons (Fsp3) is 0.400. The smallest absolute Gasteiger partial charge is 0.0723 e. The molecule has 0 N–H and O–H groups in total. The molecular weight excluding hydrogens is 262 g/mol. The van der Waals surface area contributed by atoms with E-state index in [-0.39, 0.29) is 10.8 Å². The van der Waals surface area contributed by atoms with Crippen LogP contribution in [-0.2, 0) is 0 Å². The number of hydrogen-bond donors (Lipinski definition) is 0. The van der Waals surface area contributed by atoms with Crippen molar-refractivity contribution in [2.75, 3.05) is 11.8 Å². The number of halogens is 4. The molecule has 0 radical (unpaired) electrons. The second kappa shape index (κ2) is 6.07. The fourth-order valence-electron chi connectivity index (χ4n) is 1.25. The van der Waals surface area contributed by atoms with Crippen molar-refractivity contribution in [1.29, 1.82) is 0 Å². The van der Waals surface area contributed by atoms with Crippen LogP contribution < -0.4 is 0 Å². The van der Waals surface area contributed by atoms with Gasteiger partial charge in [0.25, 0.3) is 0 Å². The van der Waals surface area contributed by atoms with Gasteiger partial charge in [0.1, 0.15) is 0 Å². The lowest BCUT2D eigenvalue weighted by molar-refractivity contribution is 0.994. The van der Waals surface area contributed by atoms with Gasteiger partial charge >= 0.3 is 0 Å². The molecule has 14 heavy (non-hydrogen) atoms. The Morgan fingerprint density at radius 1 is 0.857 bits per heavy atom. The van der Waals surface area contributed by atoms with Gasteiger partial charge in [-0.2, -0.15) is 0 Å². The summed E-state index contributed by atoms with van der Waals surface area (Å²) in [5, 5.41) is -0.422. The summed E-state index contributed by atoms with van der Waals surface area (Å²) in [5.41, 5.74) is 1.93. The zero-order valence-corrected chi connectivity index (χ0v) is 10.4. The van der Waals surface area contributed by atoms with E-state index >= 15 is 0 Å². The lowest BCUT2D eigenvalue weighted by Gasteiger charge is -2.15. The Bertz CT molecular complexity index is 258. The molecule has 0 aromatic heterocycles. The van der Waals surface area contributed by atoms with Crippen molar-refractivity contribution in [3.63, 3.8) is 0 Å². The summed E-state index contributed by atoms with van der Waals surface area (Å²) in [6.07, 6.45) is 0. The van der Waals surface area contributed by atoms with Crippen LogP contribution in [-0.4, -0.2) is 11.8 Å². The first-order valence-corrected chi connectivity index (χ1v) is 6.13. The molecule has 0 saturated heterocycles. The molecular formula is C10H10Cl4. The second-order valence-corrected chi connectivity index (χ2v) is 4.54. The predicted octanol–water partition coefficient (Wildman–Crippen LogP) is 4.72. The maximum absolute atomic E-state index is 6.06. The van der Waals surface area contributed by atoms with Gasteiger partial charge in [0, 0.05) is 11.8 Å². The minimum atomic E-state index is -0.211. The van der Waals surface area contributed by atoms with E-state index in [1.807, 2.05) is 24.3 Å². The highest BCUT2D eigenvalue weighted by atomic mass is 35.5. The summed E-state index contributed by atoms with van der Waals surface area (Å²) in [5.74, 6) is 0.731. The molecule has 0 bridgehead atoms. The lowest BCUT2D eigenvalue weighted by atomic mass is 10.0. The number of alkyl halides is 4. The normalized spacial score (nSPS) is 15.1. The maximum Gasteiger partial charge on any atom is 0.0723 e. The maximum atomic E-state index is 6.06. The first-order chi connectivity index (χ1) is 6.70. The van der Waals surface area contributed by atoms with E-state index in [1.54, 1.807) is 0 Å². The molecule has 0 fully saturated rings. The lowest BCUT2D eigenvalue weighted by Crippen LogP contribution is -2.01. The molecule has 78 valence electrons. The molecule has 1 aromatic rings. The highest BCUT2D eigenvalue weighted by Crippen LogP contribution is 2.32. The van der Waals surface area contributed by atoms with E-state index in [2.05, 4.69) is 0 Å². The molecule has 2 unspecified atom stereocenters. The Labute approximate surface area is 104 Å². The van der Waals surface area contributed by atoms with Crippen LogP contribution in [0.15, 0.2) is 24.3 Å². The highest BCUT2D eigenvalue weighted by Gasteiger charge is 2.16. The Balaban J connectivity index is 3.02. The highest BCUT2D eigenvalue weighted by molar-refractivity contribution is 6.29. The van der Waals surface area contributed by atoms with Gasteiger partial charge in [-0.25, -0.2) is 0 Å². The van der Waals surface area contributed by atoms with E-state index in [9.17, 15) is 0 Å². The fourth-order valence-corrected chi connectivity index (χ4v) is 1.98. The van der Waals surface area contributed by atoms with Crippen LogP contribution in [0, 0.1) is 0 Å². The van der Waals surface area contributed by atoms with E-state index in [0.717, 1.165) is 11.1 Å². The van der Waals surface area contributed by atoms with Gasteiger partial charge in [0.05, 0.1) is 10.8 Å². The average molecular weight is 272 g/mol. The van der Waals surface area contributed by atoms with Crippen molar-refractivity contribution in [1.82, 2.24) is 0 Å². The number of benzene rings is 1. The number of rotatable bonds is 4. The van der Waals surface area contributed by atoms with Crippen molar-refractivity contribution in [2.24, 2.45) is 0 Å². The molecule has 0 saturated carbocycles. The van der Waals surface area contributed by atoms with Gasteiger partial charge in [-0.15, -0.1) is 46.4 Å². The molecule has 1 aromatic carbocycles. The van der Waals surface area contributed by atoms with Crippen LogP contribution in [0.25, 0.3) is 0 Å². The first kappa shape index (κ1) is 12.4. The van der Waals surface area contributed by atoms with Crippen LogP contribution in [0.5, 0.6) is 0 Å². The summed E-state index contributed by atoms with van der Waals surface area (Å²) in [6.45, 7) is 0. The van der Waals surface area contributed by atoms with Gasteiger partial charge in [0.2, 0.25) is 0 Å². The summed E-state index contributed by atoms with van der Waals surface area (Å²) in [6, 6.07) is 7.69. The molecule has 0 heterocycles. The van der Waals surface area contributed by atoms with Crippen LogP contribution in [0.2, 0.25) is 0 Å². The molecule has 2 atom stereocenters. The molecule has 0 spiro atoms. The molecule has 0 amide bonds. The van der Waals surface area contributed by atoms with Gasteiger partial charge in [0.15, 0.2) is 0 Å². The Morgan fingerprint density at radius 3 is 1.50 bits per heavy atom. The minimum absolute atomic E-state index is 0.211. The zero-order chi connectivity index (χ0) is 10.6. The van der Waals surface area contributed by atoms with E-state index in [4.69, 9.17) is 46.4 Å². The van der Waals surface area contributed by atoms with E-state index in [0.29, 0.717) is 11.8 Å². The van der Waals surface area contributed by atoms with Gasteiger partial charge in [-0.05, 0) is 11.1 Å². The van der Waals surface area contributed by atoms with Crippen molar-refractivity contribution in [3.05, 3.63) is 35.4 Å². The van der Waals surface area contributed by atoms with E-state index in [1.165, 1.54) is 0 Å². The third-order valence-corrected chi connectivity index (χ3v) is 3.65. The minimum Gasteiger partial charge on any atom is -0.125 e. The van der Waals surface area contributed by atoms with E-state index < -0.39 is 0 Å². The standard InChI is InChI=1S/C10H10Cl4/c11-5-9(13)7-3-1-2-4-8(7)10(14)6-12/h1-4,9-10H,5-6H2. The van der Waals surface area contributed by atoms with Crippen molar-refractivity contribution < 1.29 is 0 Å². The second-order valence-electron chi connectivity index (χ2n) is 2.87. The Hall–Kier alpha value is 0.380. The topological polar surface area (TPSA) is 0 Å². The SMILES string of the molecule is ClCC(Cl)c1ccccc1C(Cl)CCl. The van der Waals surface area contributed by atoms with Gasteiger partial charge in [-0.1, -0.05) is 24.3 Å². The Kier molecular flexibility index (Phi) is 5.40. The molecule has 1 rings (SSSR count). The summed E-state index contributed by atoms with van der Waals surface area (Å²) in [4.78, 5) is 0. The van der Waals surface area contributed by atoms with Gasteiger partial charge < -0.3 is 0 Å². The van der Waals surface area contributed by atoms with Crippen molar-refractivity contribution in [2.45, 2.75) is 10.8 Å². The van der Waals surface area contributed by atoms with Crippen molar-refractivity contribution in [3.8, 4) is 0 Å². The third-order valence-electron chi connectivity index (χ3n) is 1.94. The van der Waals surface area contributed by atoms with Crippen LogP contribution >= 0.6 is 46.4 Å². The monoisotopic (exact) mass is 270 g/mol. The Morgan fingerprint density at radius 2 is 1.21 bits per heavy atom. The number of hydrogen-bond acceptors (Lipinski definition) is 0. The molecule has 0 aliphatic heterocycles. The van der Waals surface area contributed by atoms with Crippen LogP contribution in [0.4, 0.5) is 0 Å². The summed E-state index contributed by atoms with van der Waals surface area (Å²) >= 11 is 23.5. The summed E-state index contributed by atoms with van der Waals surface area (Å²) < 4.78 is 0. The molecule has 4 heteroatoms. The zero-order valence-electron chi connectivity index (χ0n) is 7.39. The average Bonchev–Trinajstić information content (AvgIpc) is 2.27. The molecule has 0 aliphatic rings. The van der Waals surface area contributed by atoms with Gasteiger partial charge in [-0.3, -0.25) is 0 Å². The molecule has 0 nitrogen and oxygen atoms in total. The predicted molar refractivity (Wildman–Crippen MR) is 65.1 cm³/mol.